The molecule has 0 atom stereocenters. The topological polar surface area (TPSA) is 26.3 Å². The Hall–Kier alpha value is -2.35. The quantitative estimate of drug-likeness (QED) is 0.799. The van der Waals surface area contributed by atoms with E-state index < -0.39 is 0 Å². The van der Waals surface area contributed by atoms with Gasteiger partial charge >= 0.3 is 0 Å². The summed E-state index contributed by atoms with van der Waals surface area (Å²) in [5.74, 6) is 0.897. The number of hydrogen-bond donors (Lipinski definition) is 0. The van der Waals surface area contributed by atoms with E-state index in [1.165, 1.54) is 0 Å². The molecule has 88 valence electrons. The normalized spacial score (nSPS) is 13.2. The second-order valence-electron chi connectivity index (χ2n) is 4.20. The van der Waals surface area contributed by atoms with Crippen molar-refractivity contribution in [2.24, 2.45) is 0 Å². The van der Waals surface area contributed by atoms with Crippen LogP contribution in [0.1, 0.15) is 21.5 Å². The summed E-state index contributed by atoms with van der Waals surface area (Å²) in [6, 6.07) is 15.4. The summed E-state index contributed by atoms with van der Waals surface area (Å²) >= 11 is 0. The van der Waals surface area contributed by atoms with Gasteiger partial charge < -0.3 is 4.74 Å². The Morgan fingerprint density at radius 1 is 0.889 bits per heavy atom. The van der Waals surface area contributed by atoms with Crippen molar-refractivity contribution in [2.45, 2.75) is 0 Å². The lowest BCUT2D eigenvalue weighted by atomic mass is 9.99. The minimum Gasteiger partial charge on any atom is -0.497 e. The maximum absolute atomic E-state index is 11.9. The number of hydrogen-bond acceptors (Lipinski definition) is 2. The van der Waals surface area contributed by atoms with Gasteiger partial charge in [0.05, 0.1) is 7.11 Å². The van der Waals surface area contributed by atoms with Crippen LogP contribution in [0.25, 0.3) is 5.57 Å². The molecule has 2 aromatic carbocycles. The summed E-state index contributed by atoms with van der Waals surface area (Å²) in [4.78, 5) is 11.9. The van der Waals surface area contributed by atoms with Gasteiger partial charge in [-0.1, -0.05) is 36.4 Å². The number of fused-ring (bicyclic) bond motifs is 1. The molecule has 1 aliphatic rings. The second-order valence-corrected chi connectivity index (χ2v) is 4.20. The van der Waals surface area contributed by atoms with Crippen LogP contribution in [0.4, 0.5) is 0 Å². The number of carbonyl (C=O) groups is 1. The van der Waals surface area contributed by atoms with Crippen LogP contribution < -0.4 is 4.74 Å². The Balaban J connectivity index is 2.08. The lowest BCUT2D eigenvalue weighted by Gasteiger charge is -2.06. The molecule has 0 saturated heterocycles. The molecule has 0 unspecified atom stereocenters. The molecular formula is C16H12O2. The van der Waals surface area contributed by atoms with Gasteiger partial charge in [0, 0.05) is 5.56 Å². The molecule has 0 radical (unpaired) electrons. The van der Waals surface area contributed by atoms with Crippen LogP contribution in [-0.2, 0) is 0 Å². The van der Waals surface area contributed by atoms with E-state index in [-0.39, 0.29) is 5.78 Å². The average Bonchev–Trinajstić information content (AvgIpc) is 2.77. The monoisotopic (exact) mass is 236 g/mol. The first-order chi connectivity index (χ1) is 8.79. The van der Waals surface area contributed by atoms with E-state index in [9.17, 15) is 4.79 Å². The number of methoxy groups -OCH3 is 1. The van der Waals surface area contributed by atoms with E-state index in [0.29, 0.717) is 0 Å². The third-order valence-corrected chi connectivity index (χ3v) is 3.16. The summed E-state index contributed by atoms with van der Waals surface area (Å²) in [5, 5.41) is 0. The van der Waals surface area contributed by atoms with Crippen LogP contribution in [0.5, 0.6) is 5.75 Å². The van der Waals surface area contributed by atoms with Gasteiger partial charge in [-0.25, -0.2) is 0 Å². The van der Waals surface area contributed by atoms with Crippen LogP contribution in [0.15, 0.2) is 54.6 Å². The van der Waals surface area contributed by atoms with Crippen LogP contribution >= 0.6 is 0 Å². The zero-order valence-electron chi connectivity index (χ0n) is 10.0. The highest BCUT2D eigenvalue weighted by Gasteiger charge is 2.21. The number of ether oxygens (including phenoxy) is 1. The zero-order chi connectivity index (χ0) is 12.5. The maximum Gasteiger partial charge on any atom is 0.187 e. The van der Waals surface area contributed by atoms with Crippen molar-refractivity contribution in [1.29, 1.82) is 0 Å². The van der Waals surface area contributed by atoms with Crippen LogP contribution in [0.3, 0.4) is 0 Å². The Morgan fingerprint density at radius 3 is 2.22 bits per heavy atom. The lowest BCUT2D eigenvalue weighted by molar-refractivity contribution is 0.105. The predicted molar refractivity (Wildman–Crippen MR) is 70.8 cm³/mol. The maximum atomic E-state index is 11.9. The molecule has 1 aliphatic carbocycles. The van der Waals surface area contributed by atoms with Gasteiger partial charge in [-0.2, -0.15) is 0 Å². The van der Waals surface area contributed by atoms with Gasteiger partial charge in [0.15, 0.2) is 5.78 Å². The number of benzene rings is 2. The Bertz CT molecular complexity index is 636. The largest absolute Gasteiger partial charge is 0.497 e. The van der Waals surface area contributed by atoms with Crippen LogP contribution in [0, 0.1) is 0 Å². The molecule has 2 aromatic rings. The fourth-order valence-corrected chi connectivity index (χ4v) is 2.23. The molecule has 18 heavy (non-hydrogen) atoms. The molecule has 0 amide bonds. The van der Waals surface area contributed by atoms with Crippen molar-refractivity contribution in [3.05, 3.63) is 71.3 Å². The highest BCUT2D eigenvalue weighted by Crippen LogP contribution is 2.33. The number of carbonyl (C=O) groups excluding carboxylic acids is 1. The van der Waals surface area contributed by atoms with Crippen molar-refractivity contribution in [2.75, 3.05) is 7.11 Å². The smallest absolute Gasteiger partial charge is 0.187 e. The van der Waals surface area contributed by atoms with Crippen LogP contribution in [0.2, 0.25) is 0 Å². The molecule has 0 saturated carbocycles. The van der Waals surface area contributed by atoms with E-state index in [4.69, 9.17) is 4.74 Å². The minimum atomic E-state index is 0.0800. The predicted octanol–water partition coefficient (Wildman–Crippen LogP) is 3.32. The standard InChI is InChI=1S/C16H12O2/c1-18-12-8-6-11(7-9-12)15-10-16(17)14-5-3-2-4-13(14)15/h2-10H,1H3. The van der Waals surface area contributed by atoms with E-state index >= 15 is 0 Å². The van der Waals surface area contributed by atoms with E-state index in [0.717, 1.165) is 28.0 Å². The van der Waals surface area contributed by atoms with E-state index in [2.05, 4.69) is 0 Å². The van der Waals surface area contributed by atoms with Crippen molar-refractivity contribution in [1.82, 2.24) is 0 Å². The number of ketones is 1. The van der Waals surface area contributed by atoms with Gasteiger partial charge in [0.1, 0.15) is 5.75 Å². The Morgan fingerprint density at radius 2 is 1.56 bits per heavy atom. The SMILES string of the molecule is COc1ccc(C2=CC(=O)c3ccccc32)cc1. The number of rotatable bonds is 2. The zero-order valence-corrected chi connectivity index (χ0v) is 10.0. The summed E-state index contributed by atoms with van der Waals surface area (Å²) in [6.07, 6.45) is 1.70. The molecule has 0 fully saturated rings. The van der Waals surface area contributed by atoms with Crippen molar-refractivity contribution in [3.63, 3.8) is 0 Å². The van der Waals surface area contributed by atoms with Gasteiger partial charge in [0.2, 0.25) is 0 Å². The first kappa shape index (κ1) is 10.8. The molecule has 0 spiro atoms. The average molecular weight is 236 g/mol. The Kier molecular flexibility index (Phi) is 2.49. The molecule has 0 heterocycles. The van der Waals surface area contributed by atoms with Crippen molar-refractivity contribution in [3.8, 4) is 5.75 Å². The lowest BCUT2D eigenvalue weighted by Crippen LogP contribution is -1.90. The van der Waals surface area contributed by atoms with Gasteiger partial charge in [0.25, 0.3) is 0 Å². The summed E-state index contributed by atoms with van der Waals surface area (Å²) in [6.45, 7) is 0. The third kappa shape index (κ3) is 1.63. The van der Waals surface area contributed by atoms with E-state index in [1.54, 1.807) is 13.2 Å². The third-order valence-electron chi connectivity index (χ3n) is 3.16. The number of allylic oxidation sites excluding steroid dienone is 1. The minimum absolute atomic E-state index is 0.0800. The highest BCUT2D eigenvalue weighted by molar-refractivity contribution is 6.18. The van der Waals surface area contributed by atoms with Crippen molar-refractivity contribution < 1.29 is 9.53 Å². The van der Waals surface area contributed by atoms with Gasteiger partial charge in [-0.15, -0.1) is 0 Å². The molecule has 0 aliphatic heterocycles. The summed E-state index contributed by atoms with van der Waals surface area (Å²) in [5.41, 5.74) is 3.81. The molecule has 2 nitrogen and oxygen atoms in total. The second kappa shape index (κ2) is 4.15. The van der Waals surface area contributed by atoms with Gasteiger partial charge in [-0.05, 0) is 34.9 Å². The summed E-state index contributed by atoms with van der Waals surface area (Å²) < 4.78 is 5.14. The molecule has 3 rings (SSSR count). The van der Waals surface area contributed by atoms with Crippen molar-refractivity contribution >= 4 is 11.4 Å². The van der Waals surface area contributed by atoms with Crippen LogP contribution in [-0.4, -0.2) is 12.9 Å². The Labute approximate surface area is 106 Å². The van der Waals surface area contributed by atoms with E-state index in [1.807, 2.05) is 48.5 Å². The highest BCUT2D eigenvalue weighted by atomic mass is 16.5. The molecule has 2 heteroatoms. The first-order valence-corrected chi connectivity index (χ1v) is 5.79. The molecule has 0 N–H and O–H groups in total. The fraction of sp³-hybridized carbons (Fsp3) is 0.0625. The summed E-state index contributed by atoms with van der Waals surface area (Å²) in [7, 11) is 1.64. The molecule has 0 bridgehead atoms. The van der Waals surface area contributed by atoms with Gasteiger partial charge in [-0.3, -0.25) is 4.79 Å². The fourth-order valence-electron chi connectivity index (χ4n) is 2.23. The first-order valence-electron chi connectivity index (χ1n) is 5.79. The molecular weight excluding hydrogens is 224 g/mol. The molecule has 0 aromatic heterocycles.